The number of aromatic nitrogens is 4. The van der Waals surface area contributed by atoms with E-state index in [1.165, 1.54) is 27.3 Å². The van der Waals surface area contributed by atoms with E-state index in [4.69, 9.17) is 25.9 Å². The number of rotatable bonds is 6. The summed E-state index contributed by atoms with van der Waals surface area (Å²) in [5, 5.41) is 5.75. The van der Waals surface area contributed by atoms with E-state index in [2.05, 4.69) is 25.9 Å². The Morgan fingerprint density at radius 3 is 2.55 bits per heavy atom. The van der Waals surface area contributed by atoms with Gasteiger partial charge in [0.2, 0.25) is 17.7 Å². The van der Waals surface area contributed by atoms with E-state index in [1.54, 1.807) is 6.08 Å². The first-order valence-corrected chi connectivity index (χ1v) is 10.6. The Kier molecular flexibility index (Phi) is 6.52. The molecule has 1 atom stereocenters. The summed E-state index contributed by atoms with van der Waals surface area (Å²) in [6.45, 7) is 2.28. The van der Waals surface area contributed by atoms with E-state index < -0.39 is 16.1 Å². The van der Waals surface area contributed by atoms with Gasteiger partial charge in [-0.25, -0.2) is 9.52 Å². The van der Waals surface area contributed by atoms with Gasteiger partial charge in [-0.05, 0) is 0 Å². The first-order valence-electron chi connectivity index (χ1n) is 8.78. The van der Waals surface area contributed by atoms with Crippen molar-refractivity contribution in [3.05, 3.63) is 22.9 Å². The van der Waals surface area contributed by atoms with Crippen LogP contribution in [0.3, 0.4) is 0 Å². The molecule has 0 saturated carbocycles. The summed E-state index contributed by atoms with van der Waals surface area (Å²) >= 11 is 6.16. The highest BCUT2D eigenvalue weighted by Gasteiger charge is 2.32. The lowest BCUT2D eigenvalue weighted by atomic mass is 10.1. The molecule has 1 aliphatic rings. The predicted molar refractivity (Wildman–Crippen MR) is 109 cm³/mol. The number of hydrogen-bond donors (Lipinski definition) is 3. The summed E-state index contributed by atoms with van der Waals surface area (Å²) in [6.07, 6.45) is 1.75. The summed E-state index contributed by atoms with van der Waals surface area (Å²) in [7, 11) is -0.311. The number of urea groups is 1. The Balaban J connectivity index is 1.89. The molecule has 13 nitrogen and oxygen atoms in total. The molecule has 1 unspecified atom stereocenters. The van der Waals surface area contributed by atoms with Crippen molar-refractivity contribution in [1.82, 2.24) is 30.0 Å². The van der Waals surface area contributed by atoms with E-state index in [-0.39, 0.29) is 39.4 Å². The third-order valence-electron chi connectivity index (χ3n) is 4.01. The predicted octanol–water partition coefficient (Wildman–Crippen LogP) is 0.903. The Morgan fingerprint density at radius 2 is 1.97 bits per heavy atom. The van der Waals surface area contributed by atoms with Gasteiger partial charge in [-0.15, -0.1) is 0 Å². The second-order valence-electron chi connectivity index (χ2n) is 6.40. The SMILES string of the molecule is COc1cc(OC)nc(NC(=O)NS(=O)(=O)c2c(C3=CC(C)CON3)c(Cl)nn2C)n1. The van der Waals surface area contributed by atoms with E-state index in [0.29, 0.717) is 12.3 Å². The molecular weight excluding hydrogens is 454 g/mol. The standard InChI is InChI=1S/C16H20ClN7O6S/c1-8-5-9(22-30-7-8)12-13(17)21-24(2)14(12)31(26,27)23-16(25)20-15-18-10(28-3)6-11(19-15)29-4/h5-6,8,22H,7H2,1-4H3,(H2,18,19,20,23,25). The van der Waals surface area contributed by atoms with Crippen LogP contribution in [0.4, 0.5) is 10.7 Å². The molecular formula is C16H20ClN7O6S. The molecule has 0 spiro atoms. The molecule has 168 valence electrons. The molecule has 3 rings (SSSR count). The second-order valence-corrected chi connectivity index (χ2v) is 8.36. The van der Waals surface area contributed by atoms with Gasteiger partial charge < -0.3 is 9.47 Å². The number of amides is 2. The van der Waals surface area contributed by atoms with Crippen molar-refractivity contribution in [3.8, 4) is 11.8 Å². The third kappa shape index (κ3) is 4.98. The van der Waals surface area contributed by atoms with Gasteiger partial charge in [0.05, 0.1) is 38.2 Å². The van der Waals surface area contributed by atoms with Crippen LogP contribution in [-0.4, -0.2) is 55.0 Å². The smallest absolute Gasteiger partial charge is 0.335 e. The highest BCUT2D eigenvalue weighted by atomic mass is 35.5. The maximum Gasteiger partial charge on any atom is 0.335 e. The van der Waals surface area contributed by atoms with E-state index >= 15 is 0 Å². The second kappa shape index (κ2) is 8.95. The Labute approximate surface area is 182 Å². The number of halogens is 1. The highest BCUT2D eigenvalue weighted by Crippen LogP contribution is 2.31. The number of hydrogen-bond acceptors (Lipinski definition) is 10. The molecule has 2 aromatic heterocycles. The van der Waals surface area contributed by atoms with Crippen LogP contribution in [0.25, 0.3) is 5.70 Å². The average molecular weight is 474 g/mol. The Morgan fingerprint density at radius 1 is 1.32 bits per heavy atom. The Bertz CT molecular complexity index is 1110. The number of ether oxygens (including phenoxy) is 2. The number of carbonyl (C=O) groups excluding carboxylic acids is 1. The largest absolute Gasteiger partial charge is 0.481 e. The van der Waals surface area contributed by atoms with Crippen LogP contribution in [0, 0.1) is 5.92 Å². The number of nitrogens with zero attached hydrogens (tertiary/aromatic N) is 4. The monoisotopic (exact) mass is 473 g/mol. The summed E-state index contributed by atoms with van der Waals surface area (Å²) in [4.78, 5) is 25.4. The molecule has 0 saturated heterocycles. The average Bonchev–Trinajstić information content (AvgIpc) is 3.01. The van der Waals surface area contributed by atoms with Crippen LogP contribution in [0.15, 0.2) is 17.2 Å². The first kappa shape index (κ1) is 22.6. The molecule has 2 aromatic rings. The number of anilines is 1. The normalized spacial score (nSPS) is 16.2. The van der Waals surface area contributed by atoms with Crippen LogP contribution < -0.4 is 25.0 Å². The third-order valence-corrected chi connectivity index (χ3v) is 5.70. The number of carbonyl (C=O) groups is 1. The van der Waals surface area contributed by atoms with Crippen molar-refractivity contribution >= 4 is 39.3 Å². The Hall–Kier alpha value is -3.10. The fraction of sp³-hybridized carbons (Fsp3) is 0.375. The highest BCUT2D eigenvalue weighted by molar-refractivity contribution is 7.90. The fourth-order valence-corrected chi connectivity index (χ4v) is 4.35. The van der Waals surface area contributed by atoms with Gasteiger partial charge in [0.1, 0.15) is 0 Å². The zero-order valence-corrected chi connectivity index (χ0v) is 18.5. The number of methoxy groups -OCH3 is 2. The quantitative estimate of drug-likeness (QED) is 0.550. The molecule has 0 bridgehead atoms. The summed E-state index contributed by atoms with van der Waals surface area (Å²) in [5.74, 6) is -0.0177. The lowest BCUT2D eigenvalue weighted by Gasteiger charge is -2.20. The van der Waals surface area contributed by atoms with Crippen molar-refractivity contribution < 1.29 is 27.5 Å². The zero-order valence-electron chi connectivity index (χ0n) is 17.0. The van der Waals surface area contributed by atoms with E-state index in [9.17, 15) is 13.2 Å². The topological polar surface area (TPSA) is 159 Å². The molecule has 0 aliphatic carbocycles. The van der Waals surface area contributed by atoms with Gasteiger partial charge in [-0.3, -0.25) is 20.3 Å². The molecule has 0 aromatic carbocycles. The molecule has 1 aliphatic heterocycles. The fourth-order valence-electron chi connectivity index (χ4n) is 2.73. The van der Waals surface area contributed by atoms with Crippen LogP contribution >= 0.6 is 11.6 Å². The summed E-state index contributed by atoms with van der Waals surface area (Å²) in [6, 6.07) is 0.270. The van der Waals surface area contributed by atoms with Gasteiger partial charge >= 0.3 is 6.03 Å². The van der Waals surface area contributed by atoms with Gasteiger partial charge in [0.25, 0.3) is 10.0 Å². The molecule has 0 fully saturated rings. The van der Waals surface area contributed by atoms with Gasteiger partial charge in [-0.2, -0.15) is 23.5 Å². The van der Waals surface area contributed by atoms with Crippen LogP contribution in [0.1, 0.15) is 12.5 Å². The molecule has 3 N–H and O–H groups in total. The van der Waals surface area contributed by atoms with Gasteiger partial charge in [-0.1, -0.05) is 24.6 Å². The minimum Gasteiger partial charge on any atom is -0.481 e. The number of hydroxylamine groups is 1. The number of sulfonamides is 1. The van der Waals surface area contributed by atoms with Crippen molar-refractivity contribution in [2.45, 2.75) is 11.9 Å². The minimum atomic E-state index is -4.42. The van der Waals surface area contributed by atoms with Crippen molar-refractivity contribution in [2.24, 2.45) is 13.0 Å². The molecule has 0 radical (unpaired) electrons. The van der Waals surface area contributed by atoms with Crippen LogP contribution in [0.5, 0.6) is 11.8 Å². The van der Waals surface area contributed by atoms with E-state index in [0.717, 1.165) is 4.68 Å². The first-order chi connectivity index (χ1) is 14.6. The molecule has 2 amide bonds. The number of aryl methyl sites for hydroxylation is 1. The molecule has 3 heterocycles. The van der Waals surface area contributed by atoms with Gasteiger partial charge in [0.15, 0.2) is 10.2 Å². The minimum absolute atomic E-state index is 0.000440. The van der Waals surface area contributed by atoms with E-state index in [1.807, 2.05) is 11.6 Å². The number of nitrogens with one attached hydrogen (secondary N) is 3. The van der Waals surface area contributed by atoms with Crippen molar-refractivity contribution in [3.63, 3.8) is 0 Å². The van der Waals surface area contributed by atoms with Crippen LogP contribution in [0.2, 0.25) is 5.15 Å². The maximum absolute atomic E-state index is 13.0. The maximum atomic E-state index is 13.0. The molecule has 31 heavy (non-hydrogen) atoms. The van der Waals surface area contributed by atoms with Gasteiger partial charge in [0, 0.05) is 13.0 Å². The van der Waals surface area contributed by atoms with Crippen molar-refractivity contribution in [1.29, 1.82) is 0 Å². The lowest BCUT2D eigenvalue weighted by Crippen LogP contribution is -2.36. The summed E-state index contributed by atoms with van der Waals surface area (Å²) in [5.41, 5.74) is 3.02. The summed E-state index contributed by atoms with van der Waals surface area (Å²) < 4.78 is 38.9. The van der Waals surface area contributed by atoms with Crippen molar-refractivity contribution in [2.75, 3.05) is 26.1 Å². The zero-order chi connectivity index (χ0) is 22.8. The van der Waals surface area contributed by atoms with Crippen LogP contribution in [-0.2, 0) is 21.9 Å². The lowest BCUT2D eigenvalue weighted by molar-refractivity contribution is 0.0534. The molecule has 15 heteroatoms.